The van der Waals surface area contributed by atoms with Gasteiger partial charge in [-0.1, -0.05) is 42.5 Å². The van der Waals surface area contributed by atoms with Crippen molar-refractivity contribution in [2.75, 3.05) is 11.9 Å². The van der Waals surface area contributed by atoms with Gasteiger partial charge in [0.1, 0.15) is 12.4 Å². The molecule has 1 saturated heterocycles. The van der Waals surface area contributed by atoms with Gasteiger partial charge in [0.25, 0.3) is 11.9 Å². The molecule has 0 saturated carbocycles. The van der Waals surface area contributed by atoms with E-state index in [1.54, 1.807) is 60.7 Å². The first kappa shape index (κ1) is 23.7. The van der Waals surface area contributed by atoms with Gasteiger partial charge in [-0.2, -0.15) is 0 Å². The van der Waals surface area contributed by atoms with Crippen molar-refractivity contribution in [1.29, 1.82) is 0 Å². The molecule has 0 radical (unpaired) electrons. The van der Waals surface area contributed by atoms with Crippen LogP contribution >= 0.6 is 0 Å². The highest BCUT2D eigenvalue weighted by Crippen LogP contribution is 2.50. The summed E-state index contributed by atoms with van der Waals surface area (Å²) in [6.07, 6.45) is 0. The molecule has 1 amide bonds. The Morgan fingerprint density at radius 1 is 1.06 bits per heavy atom. The molecule has 9 heteroatoms. The van der Waals surface area contributed by atoms with Crippen molar-refractivity contribution in [3.63, 3.8) is 0 Å². The molecular formula is C27H26FN3O5. The first-order chi connectivity index (χ1) is 17.4. The van der Waals surface area contributed by atoms with Gasteiger partial charge in [-0.25, -0.2) is 4.39 Å². The van der Waals surface area contributed by atoms with Crippen LogP contribution in [0.5, 0.6) is 11.5 Å². The SMILES string of the molecule is CCOc1cc([C@@H]2[C@H](C)N[C@]3(C(=O)Nc4ccccc43)[C@H]2[N+](=O)[O-])ccc1OCc1ccccc1F. The lowest BCUT2D eigenvalue weighted by atomic mass is 9.78. The van der Waals surface area contributed by atoms with Gasteiger partial charge in [-0.15, -0.1) is 0 Å². The van der Waals surface area contributed by atoms with E-state index in [1.165, 1.54) is 6.07 Å². The second kappa shape index (κ2) is 9.23. The summed E-state index contributed by atoms with van der Waals surface area (Å²) in [5, 5.41) is 18.6. The van der Waals surface area contributed by atoms with Gasteiger partial charge in [0.2, 0.25) is 0 Å². The third-order valence-corrected chi connectivity index (χ3v) is 6.96. The summed E-state index contributed by atoms with van der Waals surface area (Å²) in [7, 11) is 0. The van der Waals surface area contributed by atoms with Crippen LogP contribution in [0.15, 0.2) is 66.7 Å². The standard InChI is InChI=1S/C27H26FN3O5/c1-3-35-23-14-17(12-13-22(23)36-15-18-8-4-6-10-20(18)28)24-16(2)30-27(25(24)31(33)34)19-9-5-7-11-21(19)29-26(27)32/h4-14,16,24-25,30H,3,15H2,1-2H3,(H,29,32)/t16-,24-,25-,27-/m0/s1. The predicted molar refractivity (Wildman–Crippen MR) is 131 cm³/mol. The number of nitro groups is 1. The minimum atomic E-state index is -1.49. The van der Waals surface area contributed by atoms with E-state index >= 15 is 0 Å². The zero-order valence-corrected chi connectivity index (χ0v) is 19.9. The number of carbonyl (C=O) groups is 1. The van der Waals surface area contributed by atoms with Crippen LogP contribution in [-0.2, 0) is 16.9 Å². The molecule has 1 spiro atoms. The molecule has 2 aliphatic rings. The molecule has 0 unspecified atom stereocenters. The van der Waals surface area contributed by atoms with Gasteiger partial charge in [-0.3, -0.25) is 20.2 Å². The quantitative estimate of drug-likeness (QED) is 0.376. The summed E-state index contributed by atoms with van der Waals surface area (Å²) < 4.78 is 25.7. The average Bonchev–Trinajstić information content (AvgIpc) is 3.33. The summed E-state index contributed by atoms with van der Waals surface area (Å²) >= 11 is 0. The topological polar surface area (TPSA) is 103 Å². The molecule has 2 heterocycles. The summed E-state index contributed by atoms with van der Waals surface area (Å²) in [6.45, 7) is 4.01. The second-order valence-corrected chi connectivity index (χ2v) is 9.02. The van der Waals surface area contributed by atoms with Crippen molar-refractivity contribution in [1.82, 2.24) is 5.32 Å². The van der Waals surface area contributed by atoms with Crippen molar-refractivity contribution < 1.29 is 23.6 Å². The monoisotopic (exact) mass is 491 g/mol. The van der Waals surface area contributed by atoms with Crippen LogP contribution in [0.4, 0.5) is 10.1 Å². The molecule has 8 nitrogen and oxygen atoms in total. The predicted octanol–water partition coefficient (Wildman–Crippen LogP) is 4.37. The lowest BCUT2D eigenvalue weighted by Crippen LogP contribution is -2.54. The Morgan fingerprint density at radius 2 is 1.81 bits per heavy atom. The number of hydrogen-bond donors (Lipinski definition) is 2. The zero-order valence-electron chi connectivity index (χ0n) is 19.9. The number of fused-ring (bicyclic) bond motifs is 2. The van der Waals surface area contributed by atoms with Crippen molar-refractivity contribution in [2.24, 2.45) is 0 Å². The first-order valence-electron chi connectivity index (χ1n) is 11.8. The summed E-state index contributed by atoms with van der Waals surface area (Å²) in [4.78, 5) is 25.4. The number of ether oxygens (including phenoxy) is 2. The van der Waals surface area contributed by atoms with Crippen LogP contribution in [0.1, 0.15) is 36.5 Å². The summed E-state index contributed by atoms with van der Waals surface area (Å²) in [5.41, 5.74) is 0.699. The zero-order chi connectivity index (χ0) is 25.4. The van der Waals surface area contributed by atoms with Gasteiger partial charge in [0.05, 0.1) is 12.5 Å². The van der Waals surface area contributed by atoms with E-state index < -0.39 is 29.4 Å². The molecule has 0 bridgehead atoms. The molecule has 2 N–H and O–H groups in total. The molecule has 4 atom stereocenters. The molecule has 0 aromatic heterocycles. The van der Waals surface area contributed by atoms with E-state index in [9.17, 15) is 19.3 Å². The molecule has 5 rings (SSSR count). The number of carbonyl (C=O) groups excluding carboxylic acids is 1. The largest absolute Gasteiger partial charge is 0.490 e. The van der Waals surface area contributed by atoms with Crippen LogP contribution in [0.25, 0.3) is 0 Å². The van der Waals surface area contributed by atoms with E-state index in [0.717, 1.165) is 0 Å². The van der Waals surface area contributed by atoms with Crippen LogP contribution < -0.4 is 20.1 Å². The highest BCUT2D eigenvalue weighted by molar-refractivity contribution is 6.07. The number of para-hydroxylation sites is 1. The van der Waals surface area contributed by atoms with Gasteiger partial charge in [0.15, 0.2) is 17.0 Å². The van der Waals surface area contributed by atoms with Crippen molar-refractivity contribution >= 4 is 11.6 Å². The summed E-state index contributed by atoms with van der Waals surface area (Å²) in [6, 6.07) is 16.9. The number of hydrogen-bond acceptors (Lipinski definition) is 6. The molecule has 3 aromatic carbocycles. The van der Waals surface area contributed by atoms with E-state index in [4.69, 9.17) is 9.47 Å². The fourth-order valence-corrected chi connectivity index (χ4v) is 5.44. The van der Waals surface area contributed by atoms with Crippen molar-refractivity contribution in [3.8, 4) is 11.5 Å². The Labute approximate surface area is 207 Å². The summed E-state index contributed by atoms with van der Waals surface area (Å²) in [5.74, 6) is -0.629. The maximum absolute atomic E-state index is 14.0. The molecule has 186 valence electrons. The Kier molecular flexibility index (Phi) is 6.09. The smallest absolute Gasteiger partial charge is 0.256 e. The number of benzene rings is 3. The van der Waals surface area contributed by atoms with Crippen molar-refractivity contribution in [2.45, 2.75) is 44.0 Å². The van der Waals surface area contributed by atoms with E-state index in [1.807, 2.05) is 13.8 Å². The highest BCUT2D eigenvalue weighted by atomic mass is 19.1. The van der Waals surface area contributed by atoms with Gasteiger partial charge in [-0.05, 0) is 43.7 Å². The van der Waals surface area contributed by atoms with Gasteiger partial charge < -0.3 is 14.8 Å². The Balaban J connectivity index is 1.51. The fourth-order valence-electron chi connectivity index (χ4n) is 5.44. The third-order valence-electron chi connectivity index (χ3n) is 6.96. The average molecular weight is 492 g/mol. The first-order valence-corrected chi connectivity index (χ1v) is 11.8. The molecule has 3 aromatic rings. The Hall–Kier alpha value is -3.98. The highest BCUT2D eigenvalue weighted by Gasteiger charge is 2.67. The van der Waals surface area contributed by atoms with Crippen LogP contribution in [0, 0.1) is 15.9 Å². The number of rotatable bonds is 7. The maximum Gasteiger partial charge on any atom is 0.256 e. The van der Waals surface area contributed by atoms with Gasteiger partial charge in [0, 0.05) is 27.8 Å². The number of halogens is 1. The van der Waals surface area contributed by atoms with Crippen LogP contribution in [-0.4, -0.2) is 29.5 Å². The number of nitrogens with one attached hydrogen (secondary N) is 2. The third kappa shape index (κ3) is 3.76. The van der Waals surface area contributed by atoms with E-state index in [2.05, 4.69) is 10.6 Å². The molecular weight excluding hydrogens is 465 g/mol. The lowest BCUT2D eigenvalue weighted by Gasteiger charge is -2.25. The molecule has 2 aliphatic heterocycles. The number of amides is 1. The fraction of sp³-hybridized carbons (Fsp3) is 0.296. The van der Waals surface area contributed by atoms with Gasteiger partial charge >= 0.3 is 0 Å². The van der Waals surface area contributed by atoms with Crippen molar-refractivity contribution in [3.05, 3.63) is 99.4 Å². The number of nitrogens with zero attached hydrogens (tertiary/aromatic N) is 1. The Morgan fingerprint density at radius 3 is 2.56 bits per heavy atom. The second-order valence-electron chi connectivity index (χ2n) is 9.02. The molecule has 1 fully saturated rings. The maximum atomic E-state index is 14.0. The normalized spacial score (nSPS) is 24.4. The van der Waals surface area contributed by atoms with E-state index in [0.29, 0.717) is 40.5 Å². The van der Waals surface area contributed by atoms with Crippen LogP contribution in [0.3, 0.4) is 0 Å². The minimum Gasteiger partial charge on any atom is -0.490 e. The lowest BCUT2D eigenvalue weighted by molar-refractivity contribution is -0.532. The number of anilines is 1. The minimum absolute atomic E-state index is 0.00503. The Bertz CT molecular complexity index is 1330. The van der Waals surface area contributed by atoms with Crippen LogP contribution in [0.2, 0.25) is 0 Å². The van der Waals surface area contributed by atoms with E-state index in [-0.39, 0.29) is 17.3 Å². The molecule has 36 heavy (non-hydrogen) atoms. The molecule has 0 aliphatic carbocycles.